The quantitative estimate of drug-likeness (QED) is 0.252. The Bertz CT molecular complexity index is 1750. The Kier molecular flexibility index (Phi) is 6.02. The summed E-state index contributed by atoms with van der Waals surface area (Å²) in [6, 6.07) is 37.9. The zero-order chi connectivity index (χ0) is 25.4. The van der Waals surface area contributed by atoms with E-state index in [1.165, 1.54) is 60.5 Å². The monoisotopic (exact) mass is 480 g/mol. The SMILES string of the molecule is Cc1cc2c3ccccc3n(-c3ccccc3)c2cc1Cc1ccc2ccccc2c1/C=C\NC(C)C. The summed E-state index contributed by atoms with van der Waals surface area (Å²) in [5, 5.41) is 8.61. The van der Waals surface area contributed by atoms with E-state index >= 15 is 0 Å². The van der Waals surface area contributed by atoms with Crippen molar-refractivity contribution in [1.82, 2.24) is 9.88 Å². The molecule has 6 aromatic rings. The van der Waals surface area contributed by atoms with Crippen molar-refractivity contribution < 1.29 is 0 Å². The van der Waals surface area contributed by atoms with Crippen molar-refractivity contribution in [3.05, 3.63) is 132 Å². The van der Waals surface area contributed by atoms with Crippen LogP contribution in [-0.2, 0) is 6.42 Å². The van der Waals surface area contributed by atoms with Gasteiger partial charge in [-0.3, -0.25) is 0 Å². The van der Waals surface area contributed by atoms with E-state index in [-0.39, 0.29) is 0 Å². The third-order valence-corrected chi connectivity index (χ3v) is 7.27. The molecule has 6 rings (SSSR count). The third kappa shape index (κ3) is 4.29. The average Bonchev–Trinajstić information content (AvgIpc) is 3.23. The molecule has 1 aromatic heterocycles. The predicted octanol–water partition coefficient (Wildman–Crippen LogP) is 8.80. The van der Waals surface area contributed by atoms with Gasteiger partial charge in [-0.05, 0) is 103 Å². The molecular weight excluding hydrogens is 448 g/mol. The average molecular weight is 481 g/mol. The number of nitrogens with one attached hydrogen (secondary N) is 1. The fraction of sp³-hybridized carbons (Fsp3) is 0.143. The molecule has 1 N–H and O–H groups in total. The molecule has 0 bridgehead atoms. The second-order valence-electron chi connectivity index (χ2n) is 10.2. The Hall–Kier alpha value is -4.30. The van der Waals surface area contributed by atoms with E-state index in [4.69, 9.17) is 0 Å². The Labute approximate surface area is 218 Å². The van der Waals surface area contributed by atoms with Gasteiger partial charge in [0, 0.05) is 22.5 Å². The highest BCUT2D eigenvalue weighted by Crippen LogP contribution is 2.35. The van der Waals surface area contributed by atoms with Gasteiger partial charge in [0.05, 0.1) is 11.0 Å². The summed E-state index contributed by atoms with van der Waals surface area (Å²) in [6.07, 6.45) is 5.22. The van der Waals surface area contributed by atoms with Crippen molar-refractivity contribution >= 4 is 38.7 Å². The molecule has 0 aliphatic carbocycles. The lowest BCUT2D eigenvalue weighted by molar-refractivity contribution is 0.705. The summed E-state index contributed by atoms with van der Waals surface area (Å²) in [6.45, 7) is 6.58. The molecular formula is C35H32N2. The van der Waals surface area contributed by atoms with E-state index in [9.17, 15) is 0 Å². The van der Waals surface area contributed by atoms with Gasteiger partial charge in [0.25, 0.3) is 0 Å². The Morgan fingerprint density at radius 1 is 0.703 bits per heavy atom. The molecule has 37 heavy (non-hydrogen) atoms. The highest BCUT2D eigenvalue weighted by atomic mass is 15.0. The minimum atomic E-state index is 0.402. The van der Waals surface area contributed by atoms with E-state index in [0.29, 0.717) is 6.04 Å². The van der Waals surface area contributed by atoms with Crippen molar-refractivity contribution in [3.63, 3.8) is 0 Å². The highest BCUT2D eigenvalue weighted by molar-refractivity contribution is 6.09. The maximum atomic E-state index is 3.44. The van der Waals surface area contributed by atoms with Crippen LogP contribution in [-0.4, -0.2) is 10.6 Å². The maximum Gasteiger partial charge on any atom is 0.0544 e. The molecule has 0 fully saturated rings. The van der Waals surface area contributed by atoms with Crippen LogP contribution in [0.5, 0.6) is 0 Å². The topological polar surface area (TPSA) is 17.0 Å². The van der Waals surface area contributed by atoms with Crippen LogP contribution in [0.3, 0.4) is 0 Å². The number of aromatic nitrogens is 1. The molecule has 2 heteroatoms. The van der Waals surface area contributed by atoms with Crippen molar-refractivity contribution in [2.75, 3.05) is 0 Å². The first-order valence-corrected chi connectivity index (χ1v) is 13.1. The van der Waals surface area contributed by atoms with Gasteiger partial charge in [0.1, 0.15) is 0 Å². The van der Waals surface area contributed by atoms with E-state index in [1.54, 1.807) is 0 Å². The van der Waals surface area contributed by atoms with Gasteiger partial charge in [-0.15, -0.1) is 0 Å². The second-order valence-corrected chi connectivity index (χ2v) is 10.2. The van der Waals surface area contributed by atoms with Crippen LogP contribution in [0.4, 0.5) is 0 Å². The summed E-state index contributed by atoms with van der Waals surface area (Å²) < 4.78 is 2.40. The zero-order valence-corrected chi connectivity index (χ0v) is 21.7. The normalized spacial score (nSPS) is 11.9. The molecule has 0 spiro atoms. The molecule has 5 aromatic carbocycles. The number of fused-ring (bicyclic) bond motifs is 4. The number of nitrogens with zero attached hydrogens (tertiary/aromatic N) is 1. The molecule has 182 valence electrons. The van der Waals surface area contributed by atoms with Crippen LogP contribution in [0, 0.1) is 6.92 Å². The van der Waals surface area contributed by atoms with Gasteiger partial charge in [-0.25, -0.2) is 0 Å². The molecule has 0 aliphatic heterocycles. The minimum Gasteiger partial charge on any atom is -0.389 e. The summed E-state index contributed by atoms with van der Waals surface area (Å²) >= 11 is 0. The van der Waals surface area contributed by atoms with Crippen LogP contribution in [0.2, 0.25) is 0 Å². The molecule has 0 unspecified atom stereocenters. The van der Waals surface area contributed by atoms with Crippen molar-refractivity contribution in [3.8, 4) is 5.69 Å². The van der Waals surface area contributed by atoms with Crippen molar-refractivity contribution in [1.29, 1.82) is 0 Å². The Morgan fingerprint density at radius 3 is 2.24 bits per heavy atom. The molecule has 1 heterocycles. The Balaban J connectivity index is 1.53. The van der Waals surface area contributed by atoms with E-state index in [1.807, 2.05) is 0 Å². The van der Waals surface area contributed by atoms with E-state index < -0.39 is 0 Å². The van der Waals surface area contributed by atoms with Crippen LogP contribution < -0.4 is 5.32 Å². The zero-order valence-electron chi connectivity index (χ0n) is 21.7. The smallest absolute Gasteiger partial charge is 0.0544 e. The predicted molar refractivity (Wildman–Crippen MR) is 160 cm³/mol. The highest BCUT2D eigenvalue weighted by Gasteiger charge is 2.15. The van der Waals surface area contributed by atoms with Gasteiger partial charge in [0.2, 0.25) is 0 Å². The van der Waals surface area contributed by atoms with Crippen molar-refractivity contribution in [2.45, 2.75) is 33.2 Å². The molecule has 0 aliphatic rings. The lowest BCUT2D eigenvalue weighted by atomic mass is 9.92. The minimum absolute atomic E-state index is 0.402. The molecule has 0 radical (unpaired) electrons. The van der Waals surface area contributed by atoms with Gasteiger partial charge in [0.15, 0.2) is 0 Å². The second kappa shape index (κ2) is 9.63. The summed E-state index contributed by atoms with van der Waals surface area (Å²) in [5.41, 5.74) is 9.00. The summed E-state index contributed by atoms with van der Waals surface area (Å²) in [4.78, 5) is 0. The number of rotatable bonds is 6. The molecule has 0 saturated heterocycles. The van der Waals surface area contributed by atoms with Crippen LogP contribution in [0.1, 0.15) is 36.1 Å². The number of benzene rings is 5. The maximum absolute atomic E-state index is 3.44. The van der Waals surface area contributed by atoms with Crippen molar-refractivity contribution in [2.24, 2.45) is 0 Å². The lowest BCUT2D eigenvalue weighted by Crippen LogP contribution is -2.15. The largest absolute Gasteiger partial charge is 0.389 e. The van der Waals surface area contributed by atoms with Crippen LogP contribution in [0.15, 0.2) is 109 Å². The standard InChI is InChI=1S/C35H32N2/c1-24(2)36-20-19-31-27(18-17-26-11-7-8-14-30(26)31)22-28-23-35-33(21-25(28)3)32-15-9-10-16-34(32)37(35)29-12-5-4-6-13-29/h4-21,23-24,36H,22H2,1-3H3/b20-19-. The molecule has 0 saturated carbocycles. The molecule has 0 amide bonds. The van der Waals surface area contributed by atoms with E-state index in [2.05, 4.69) is 146 Å². The molecule has 0 atom stereocenters. The Morgan fingerprint density at radius 2 is 1.43 bits per heavy atom. The van der Waals surface area contributed by atoms with Crippen LogP contribution >= 0.6 is 0 Å². The van der Waals surface area contributed by atoms with Crippen LogP contribution in [0.25, 0.3) is 44.3 Å². The van der Waals surface area contributed by atoms with Gasteiger partial charge in [-0.1, -0.05) is 72.8 Å². The third-order valence-electron chi connectivity index (χ3n) is 7.27. The molecule has 2 nitrogen and oxygen atoms in total. The van der Waals surface area contributed by atoms with E-state index in [0.717, 1.165) is 6.42 Å². The number of para-hydroxylation sites is 2. The number of hydrogen-bond acceptors (Lipinski definition) is 1. The van der Waals surface area contributed by atoms with Gasteiger partial charge < -0.3 is 9.88 Å². The van der Waals surface area contributed by atoms with Gasteiger partial charge in [-0.2, -0.15) is 0 Å². The summed E-state index contributed by atoms with van der Waals surface area (Å²) in [5.74, 6) is 0. The first-order chi connectivity index (χ1) is 18.1. The first-order valence-electron chi connectivity index (χ1n) is 13.1. The number of hydrogen-bond donors (Lipinski definition) is 1. The van der Waals surface area contributed by atoms with Gasteiger partial charge >= 0.3 is 0 Å². The fourth-order valence-corrected chi connectivity index (χ4v) is 5.43. The lowest BCUT2D eigenvalue weighted by Gasteiger charge is -2.14. The summed E-state index contributed by atoms with van der Waals surface area (Å²) in [7, 11) is 0. The fourth-order valence-electron chi connectivity index (χ4n) is 5.43. The number of aryl methyl sites for hydroxylation is 1. The first kappa shape index (κ1) is 23.1.